The third kappa shape index (κ3) is 2.49. The average Bonchev–Trinajstić information content (AvgIpc) is 3.03. The van der Waals surface area contributed by atoms with Crippen molar-refractivity contribution in [1.82, 2.24) is 9.88 Å². The molecule has 2 aliphatic rings. The first kappa shape index (κ1) is 16.6. The van der Waals surface area contributed by atoms with Crippen LogP contribution in [0.25, 0.3) is 10.9 Å². The van der Waals surface area contributed by atoms with Crippen molar-refractivity contribution in [2.24, 2.45) is 11.8 Å². The Morgan fingerprint density at radius 2 is 2.20 bits per heavy atom. The van der Waals surface area contributed by atoms with Crippen molar-refractivity contribution < 1.29 is 14.6 Å². The highest BCUT2D eigenvalue weighted by Gasteiger charge is 2.49. The van der Waals surface area contributed by atoms with Gasteiger partial charge in [-0.05, 0) is 29.9 Å². The predicted octanol–water partition coefficient (Wildman–Crippen LogP) is 2.82. The predicted molar refractivity (Wildman–Crippen MR) is 96.3 cm³/mol. The molecule has 2 aromatic rings. The van der Waals surface area contributed by atoms with Gasteiger partial charge >= 0.3 is 5.97 Å². The summed E-state index contributed by atoms with van der Waals surface area (Å²) in [6, 6.07) is 8.45. The Kier molecular flexibility index (Phi) is 4.29. The molecule has 4 atom stereocenters. The van der Waals surface area contributed by atoms with Crippen molar-refractivity contribution in [3.05, 3.63) is 35.5 Å². The summed E-state index contributed by atoms with van der Waals surface area (Å²) >= 11 is 0. The maximum Gasteiger partial charge on any atom is 0.313 e. The average molecular weight is 342 g/mol. The molecule has 0 unspecified atom stereocenters. The van der Waals surface area contributed by atoms with E-state index in [1.54, 1.807) is 0 Å². The Labute approximate surface area is 148 Å². The molecule has 1 saturated heterocycles. The van der Waals surface area contributed by atoms with Crippen LogP contribution in [0, 0.1) is 11.8 Å². The summed E-state index contributed by atoms with van der Waals surface area (Å²) in [5.41, 5.74) is 3.33. The van der Waals surface area contributed by atoms with Gasteiger partial charge in [-0.2, -0.15) is 0 Å². The second-order valence-corrected chi connectivity index (χ2v) is 7.30. The maximum atomic E-state index is 12.8. The number of piperidine rings is 1. The number of esters is 1. The molecule has 0 amide bonds. The second-order valence-electron chi connectivity index (χ2n) is 7.30. The molecule has 5 heteroatoms. The lowest BCUT2D eigenvalue weighted by molar-refractivity contribution is -0.146. The molecule has 134 valence electrons. The van der Waals surface area contributed by atoms with Gasteiger partial charge < -0.3 is 14.8 Å². The van der Waals surface area contributed by atoms with E-state index < -0.39 is 0 Å². The molecule has 1 aromatic heterocycles. The molecule has 5 nitrogen and oxygen atoms in total. The molecule has 0 radical (unpaired) electrons. The number of carbonyl (C=O) groups is 1. The molecule has 2 heterocycles. The van der Waals surface area contributed by atoms with Gasteiger partial charge in [0, 0.05) is 29.7 Å². The number of aromatic nitrogens is 1. The minimum Gasteiger partial charge on any atom is -0.469 e. The maximum absolute atomic E-state index is 12.8. The first-order valence-electron chi connectivity index (χ1n) is 9.22. The number of fused-ring (bicyclic) bond motifs is 6. The number of aliphatic hydroxyl groups is 1. The molecule has 2 N–H and O–H groups in total. The summed E-state index contributed by atoms with van der Waals surface area (Å²) < 4.78 is 5.22. The number of para-hydroxylation sites is 1. The number of likely N-dealkylation sites (tertiary alicyclic amines) is 1. The van der Waals surface area contributed by atoms with Crippen LogP contribution in [0.5, 0.6) is 0 Å². The second kappa shape index (κ2) is 6.46. The van der Waals surface area contributed by atoms with E-state index in [1.807, 2.05) is 12.1 Å². The normalized spacial score (nSPS) is 28.8. The van der Waals surface area contributed by atoms with Crippen LogP contribution in [0.3, 0.4) is 0 Å². The standard InChI is InChI=1S/C20H26N2O3/c1-3-12-11-22(8-9-23)16-10-14(12)18(20(24)25-2)17-13-6-4-5-7-15(13)21-19(16)17/h4-7,12,14,16,18,21,23H,3,8-11H2,1-2H3/t12-,14+,16+,18+/m1/s1. The lowest BCUT2D eigenvalue weighted by Gasteiger charge is -2.49. The number of rotatable bonds is 4. The zero-order valence-electron chi connectivity index (χ0n) is 14.9. The molecule has 1 aliphatic carbocycles. The third-order valence-corrected chi connectivity index (χ3v) is 6.23. The van der Waals surface area contributed by atoms with Crippen LogP contribution >= 0.6 is 0 Å². The first-order valence-corrected chi connectivity index (χ1v) is 9.22. The van der Waals surface area contributed by atoms with Crippen LogP contribution in [0.15, 0.2) is 24.3 Å². The van der Waals surface area contributed by atoms with Crippen molar-refractivity contribution in [2.45, 2.75) is 31.7 Å². The van der Waals surface area contributed by atoms with Crippen LogP contribution in [0.4, 0.5) is 0 Å². The van der Waals surface area contributed by atoms with Gasteiger partial charge in [0.1, 0.15) is 0 Å². The summed E-state index contributed by atoms with van der Waals surface area (Å²) in [6.07, 6.45) is 1.97. The summed E-state index contributed by atoms with van der Waals surface area (Å²) in [6.45, 7) is 3.95. The van der Waals surface area contributed by atoms with Gasteiger partial charge in [-0.1, -0.05) is 31.5 Å². The lowest BCUT2D eigenvalue weighted by Crippen LogP contribution is -2.49. The number of aromatic amines is 1. The van der Waals surface area contributed by atoms with Crippen molar-refractivity contribution in [2.75, 3.05) is 26.8 Å². The van der Waals surface area contributed by atoms with Crippen LogP contribution in [-0.2, 0) is 9.53 Å². The van der Waals surface area contributed by atoms with E-state index in [1.165, 1.54) is 7.11 Å². The summed E-state index contributed by atoms with van der Waals surface area (Å²) in [5.74, 6) is 0.412. The van der Waals surface area contributed by atoms with Crippen molar-refractivity contribution in [3.8, 4) is 0 Å². The Morgan fingerprint density at radius 1 is 1.40 bits per heavy atom. The van der Waals surface area contributed by atoms with Crippen molar-refractivity contribution >= 4 is 16.9 Å². The highest BCUT2D eigenvalue weighted by Crippen LogP contribution is 2.53. The van der Waals surface area contributed by atoms with Crippen molar-refractivity contribution in [3.63, 3.8) is 0 Å². The number of carbonyl (C=O) groups excluding carboxylic acids is 1. The van der Waals surface area contributed by atoms with Crippen molar-refractivity contribution in [1.29, 1.82) is 0 Å². The molecule has 1 aromatic carbocycles. The van der Waals surface area contributed by atoms with Crippen LogP contribution in [-0.4, -0.2) is 47.8 Å². The number of ether oxygens (including phenoxy) is 1. The number of hydrogen-bond acceptors (Lipinski definition) is 4. The highest BCUT2D eigenvalue weighted by atomic mass is 16.5. The SMILES string of the molecule is CC[C@@H]1CN(CCO)[C@H]2C[C@@H]1[C@H](C(=O)OC)c1c2[nH]c2ccccc12. The molecule has 2 bridgehead atoms. The monoisotopic (exact) mass is 342 g/mol. The number of methoxy groups -OCH3 is 1. The molecule has 0 spiro atoms. The van der Waals surface area contributed by atoms with E-state index >= 15 is 0 Å². The van der Waals surface area contributed by atoms with E-state index in [0.29, 0.717) is 18.4 Å². The van der Waals surface area contributed by atoms with E-state index in [9.17, 15) is 9.90 Å². The van der Waals surface area contributed by atoms with Crippen LogP contribution in [0.2, 0.25) is 0 Å². The van der Waals surface area contributed by atoms with Crippen LogP contribution in [0.1, 0.15) is 43.0 Å². The fraction of sp³-hybridized carbons (Fsp3) is 0.550. The molecular weight excluding hydrogens is 316 g/mol. The van der Waals surface area contributed by atoms with Gasteiger partial charge in [-0.15, -0.1) is 0 Å². The fourth-order valence-electron chi connectivity index (χ4n) is 5.10. The topological polar surface area (TPSA) is 65.6 Å². The quantitative estimate of drug-likeness (QED) is 0.839. The number of hydrogen-bond donors (Lipinski definition) is 2. The van der Waals surface area contributed by atoms with Gasteiger partial charge in [0.2, 0.25) is 0 Å². The number of β-amino-alcohol motifs (C(OH)–C–C–N with tert-alkyl or cyclic N) is 1. The molecule has 4 rings (SSSR count). The summed E-state index contributed by atoms with van der Waals surface area (Å²) in [5, 5.41) is 10.6. The van der Waals surface area contributed by atoms with Crippen LogP contribution < -0.4 is 0 Å². The minimum atomic E-state index is -0.200. The number of nitrogens with zero attached hydrogens (tertiary/aromatic N) is 1. The molecule has 0 saturated carbocycles. The molecule has 1 fully saturated rings. The summed E-state index contributed by atoms with van der Waals surface area (Å²) in [4.78, 5) is 18.7. The highest BCUT2D eigenvalue weighted by molar-refractivity contribution is 5.92. The Hall–Kier alpha value is -1.85. The van der Waals surface area contributed by atoms with Gasteiger partial charge in [-0.25, -0.2) is 0 Å². The minimum absolute atomic E-state index is 0.122. The number of H-pyrrole nitrogens is 1. The smallest absolute Gasteiger partial charge is 0.313 e. The largest absolute Gasteiger partial charge is 0.469 e. The number of aliphatic hydroxyl groups excluding tert-OH is 1. The Morgan fingerprint density at radius 3 is 2.92 bits per heavy atom. The van der Waals surface area contributed by atoms with E-state index in [0.717, 1.165) is 41.5 Å². The van der Waals surface area contributed by atoms with Gasteiger partial charge in [0.05, 0.1) is 25.7 Å². The fourth-order valence-corrected chi connectivity index (χ4v) is 5.10. The van der Waals surface area contributed by atoms with Gasteiger partial charge in [0.15, 0.2) is 0 Å². The van der Waals surface area contributed by atoms with E-state index in [-0.39, 0.29) is 24.5 Å². The zero-order valence-corrected chi connectivity index (χ0v) is 14.9. The molecule has 1 aliphatic heterocycles. The lowest BCUT2D eigenvalue weighted by atomic mass is 9.65. The van der Waals surface area contributed by atoms with E-state index in [4.69, 9.17) is 4.74 Å². The zero-order chi connectivity index (χ0) is 17.6. The Bertz CT molecular complexity index is 784. The molecule has 25 heavy (non-hydrogen) atoms. The first-order chi connectivity index (χ1) is 12.2. The third-order valence-electron chi connectivity index (χ3n) is 6.23. The van der Waals surface area contributed by atoms with Gasteiger partial charge in [-0.3, -0.25) is 9.69 Å². The molecular formula is C20H26N2O3. The number of nitrogens with one attached hydrogen (secondary N) is 1. The van der Waals surface area contributed by atoms with E-state index in [2.05, 4.69) is 28.9 Å². The summed E-state index contributed by atoms with van der Waals surface area (Å²) in [7, 11) is 1.49. The van der Waals surface area contributed by atoms with Gasteiger partial charge in [0.25, 0.3) is 0 Å². The Balaban J connectivity index is 1.92. The number of benzene rings is 1.